The van der Waals surface area contributed by atoms with E-state index in [1.54, 1.807) is 36.7 Å². The van der Waals surface area contributed by atoms with Gasteiger partial charge in [-0.1, -0.05) is 0 Å². The van der Waals surface area contributed by atoms with E-state index < -0.39 is 11.9 Å². The molecule has 62 heavy (non-hydrogen) atoms. The summed E-state index contributed by atoms with van der Waals surface area (Å²) in [6.07, 6.45) is 7.65. The molecule has 5 aromatic rings. The van der Waals surface area contributed by atoms with E-state index in [1.807, 2.05) is 39.0 Å². The maximum atomic E-state index is 13.0. The van der Waals surface area contributed by atoms with Gasteiger partial charge in [-0.15, -0.1) is 0 Å². The van der Waals surface area contributed by atoms with Gasteiger partial charge >= 0.3 is 23.9 Å². The van der Waals surface area contributed by atoms with Crippen LogP contribution in [0.1, 0.15) is 107 Å². The van der Waals surface area contributed by atoms with Gasteiger partial charge < -0.3 is 28.9 Å². The number of nitrogens with one attached hydrogen (secondary N) is 2. The van der Waals surface area contributed by atoms with Gasteiger partial charge in [0.05, 0.1) is 60.3 Å². The van der Waals surface area contributed by atoms with Crippen molar-refractivity contribution in [2.45, 2.75) is 66.2 Å². The molecule has 0 saturated heterocycles. The summed E-state index contributed by atoms with van der Waals surface area (Å²) in [5.74, 6) is -1.74. The fourth-order valence-corrected chi connectivity index (χ4v) is 7.19. The van der Waals surface area contributed by atoms with Crippen molar-refractivity contribution in [3.8, 4) is 0 Å². The zero-order chi connectivity index (χ0) is 43.6. The normalized spacial score (nSPS) is 12.3. The third kappa shape index (κ3) is 10.7. The second kappa shape index (κ2) is 19.9. The second-order valence-corrected chi connectivity index (χ2v) is 15.1. The van der Waals surface area contributed by atoms with Crippen LogP contribution in [0.2, 0.25) is 0 Å². The molecule has 0 saturated carbocycles. The maximum Gasteiger partial charge on any atom is 0.339 e. The summed E-state index contributed by atoms with van der Waals surface area (Å²) in [5, 5.41) is 0. The van der Waals surface area contributed by atoms with Crippen molar-refractivity contribution in [1.82, 2.24) is 29.9 Å². The number of aromatic nitrogens is 6. The molecule has 14 heteroatoms. The van der Waals surface area contributed by atoms with Gasteiger partial charge in [-0.3, -0.25) is 19.6 Å². The van der Waals surface area contributed by atoms with Crippen LogP contribution in [0, 0.1) is 13.8 Å². The van der Waals surface area contributed by atoms with E-state index in [2.05, 4.69) is 45.1 Å². The fourth-order valence-electron chi connectivity index (χ4n) is 7.19. The lowest BCUT2D eigenvalue weighted by atomic mass is 9.98. The highest BCUT2D eigenvalue weighted by Crippen LogP contribution is 2.37. The number of aryl methyl sites for hydroxylation is 2. The van der Waals surface area contributed by atoms with E-state index in [9.17, 15) is 19.2 Å². The van der Waals surface area contributed by atoms with E-state index in [1.165, 1.54) is 12.4 Å². The van der Waals surface area contributed by atoms with Crippen molar-refractivity contribution in [2.24, 2.45) is 0 Å². The number of rotatable bonds is 16. The van der Waals surface area contributed by atoms with Crippen molar-refractivity contribution in [3.05, 3.63) is 130 Å². The Hall–Kier alpha value is -7.22. The van der Waals surface area contributed by atoms with Crippen molar-refractivity contribution in [1.29, 1.82) is 0 Å². The number of ether oxygens (including phenoxy) is 4. The number of hydrogen-bond donors (Lipinski definition) is 2. The molecule has 7 heterocycles. The van der Waals surface area contributed by atoms with Gasteiger partial charge in [0.15, 0.2) is 0 Å². The minimum atomic E-state index is -0.484. The molecule has 0 aliphatic carbocycles. The lowest BCUT2D eigenvalue weighted by Gasteiger charge is -2.09. The Kier molecular flexibility index (Phi) is 13.8. The molecular formula is C48H48N6O8. The van der Waals surface area contributed by atoms with Gasteiger partial charge in [0.2, 0.25) is 0 Å². The highest BCUT2D eigenvalue weighted by molar-refractivity contribution is 5.96. The number of carbonyl (C=O) groups excluding carboxylic acids is 4. The molecule has 0 radical (unpaired) electrons. The SMILES string of the molecule is CC1=C(CCC(=O)OCCCOC(=O)c2cccnc2)c2cc3nc(cc4[nH]c(cc4C)cc4[nH]c(cc1n2)cc4C)C(C)=C3CCC(=O)OCCCOC(=O)c1cccnc1. The molecule has 5 aromatic heterocycles. The summed E-state index contributed by atoms with van der Waals surface area (Å²) in [4.78, 5) is 75.6. The van der Waals surface area contributed by atoms with Crippen molar-refractivity contribution < 1.29 is 38.1 Å². The number of nitrogens with zero attached hydrogens (tertiary/aromatic N) is 4. The molecule has 0 amide bonds. The number of pyridine rings is 2. The lowest BCUT2D eigenvalue weighted by molar-refractivity contribution is -0.144. The van der Waals surface area contributed by atoms with Crippen LogP contribution in [0.3, 0.4) is 0 Å². The van der Waals surface area contributed by atoms with Gasteiger partial charge in [0.25, 0.3) is 0 Å². The molecule has 8 bridgehead atoms. The van der Waals surface area contributed by atoms with Crippen molar-refractivity contribution in [3.63, 3.8) is 0 Å². The van der Waals surface area contributed by atoms with E-state index in [-0.39, 0.29) is 51.2 Å². The van der Waals surface area contributed by atoms with Gasteiger partial charge in [-0.05, 0) is 135 Å². The average Bonchev–Trinajstić information content (AvgIpc) is 3.97. The topological polar surface area (TPSA) is 188 Å². The summed E-state index contributed by atoms with van der Waals surface area (Å²) >= 11 is 0. The van der Waals surface area contributed by atoms with E-state index in [0.29, 0.717) is 48.2 Å². The first-order valence-electron chi connectivity index (χ1n) is 20.6. The van der Waals surface area contributed by atoms with Crippen LogP contribution in [0.25, 0.3) is 44.4 Å². The average molecular weight is 837 g/mol. The number of esters is 4. The summed E-state index contributed by atoms with van der Waals surface area (Å²) in [6, 6.07) is 18.8. The Labute approximate surface area is 358 Å². The molecular weight excluding hydrogens is 789 g/mol. The largest absolute Gasteiger partial charge is 0.466 e. The number of allylic oxidation sites excluding steroid dienone is 4. The maximum absolute atomic E-state index is 13.0. The molecule has 14 nitrogen and oxygen atoms in total. The molecule has 0 aromatic carbocycles. The zero-order valence-electron chi connectivity index (χ0n) is 35.2. The fraction of sp³-hybridized carbons (Fsp3) is 0.292. The Morgan fingerprint density at radius 2 is 0.984 bits per heavy atom. The van der Waals surface area contributed by atoms with Crippen LogP contribution in [-0.4, -0.2) is 80.2 Å². The number of aromatic amines is 2. The smallest absolute Gasteiger partial charge is 0.339 e. The highest BCUT2D eigenvalue weighted by Gasteiger charge is 2.23. The number of hydrogen-bond acceptors (Lipinski definition) is 12. The Balaban J connectivity index is 1.09. The summed E-state index contributed by atoms with van der Waals surface area (Å²) < 4.78 is 21.6. The molecule has 7 rings (SSSR count). The van der Waals surface area contributed by atoms with Gasteiger partial charge in [0, 0.05) is 72.5 Å². The first-order valence-corrected chi connectivity index (χ1v) is 20.6. The predicted octanol–water partition coefficient (Wildman–Crippen LogP) is 8.72. The van der Waals surface area contributed by atoms with E-state index in [4.69, 9.17) is 28.9 Å². The van der Waals surface area contributed by atoms with Crippen LogP contribution in [0.15, 0.2) is 85.5 Å². The Morgan fingerprint density at radius 1 is 0.532 bits per heavy atom. The van der Waals surface area contributed by atoms with Crippen LogP contribution in [0.4, 0.5) is 0 Å². The van der Waals surface area contributed by atoms with Gasteiger partial charge in [0.1, 0.15) is 0 Å². The van der Waals surface area contributed by atoms with Crippen molar-refractivity contribution >= 4 is 68.2 Å². The van der Waals surface area contributed by atoms with E-state index in [0.717, 1.165) is 66.9 Å². The minimum absolute atomic E-state index is 0.101. The molecule has 2 aliphatic heterocycles. The quantitative estimate of drug-likeness (QED) is 0.0547. The molecule has 0 unspecified atom stereocenters. The molecule has 318 valence electrons. The van der Waals surface area contributed by atoms with Crippen LogP contribution in [-0.2, 0) is 28.5 Å². The molecule has 0 atom stereocenters. The number of carbonyl (C=O) groups is 4. The van der Waals surface area contributed by atoms with E-state index >= 15 is 0 Å². The number of fused-ring (bicyclic) bond motifs is 8. The first kappa shape index (κ1) is 42.9. The van der Waals surface area contributed by atoms with Crippen molar-refractivity contribution in [2.75, 3.05) is 26.4 Å². The van der Waals surface area contributed by atoms with Crippen LogP contribution >= 0.6 is 0 Å². The minimum Gasteiger partial charge on any atom is -0.466 e. The third-order valence-electron chi connectivity index (χ3n) is 10.6. The first-order chi connectivity index (χ1) is 30.0. The predicted molar refractivity (Wildman–Crippen MR) is 234 cm³/mol. The third-order valence-corrected chi connectivity index (χ3v) is 10.6. The number of H-pyrrole nitrogens is 2. The van der Waals surface area contributed by atoms with Gasteiger partial charge in [-0.2, -0.15) is 0 Å². The Morgan fingerprint density at radius 3 is 1.47 bits per heavy atom. The summed E-state index contributed by atoms with van der Waals surface area (Å²) in [5.41, 5.74) is 13.0. The molecule has 2 N–H and O–H groups in total. The Bertz CT molecular complexity index is 2720. The summed E-state index contributed by atoms with van der Waals surface area (Å²) in [7, 11) is 0. The van der Waals surface area contributed by atoms with Crippen LogP contribution < -0.4 is 0 Å². The summed E-state index contributed by atoms with van der Waals surface area (Å²) in [6.45, 7) is 8.50. The lowest BCUT2D eigenvalue weighted by Crippen LogP contribution is -2.11. The highest BCUT2D eigenvalue weighted by atomic mass is 16.6. The molecule has 0 spiro atoms. The molecule has 2 aliphatic rings. The zero-order valence-corrected chi connectivity index (χ0v) is 35.2. The monoisotopic (exact) mass is 836 g/mol. The van der Waals surface area contributed by atoms with Crippen LogP contribution in [0.5, 0.6) is 0 Å². The standard InChI is InChI=1S/C48H48N6O8/c1-29-21-36-24-41-31(3)37(11-13-45(55)59-17-7-19-61-47(57)33-9-5-15-49-27-33)43(53-41)26-44-38(12-14-46(56)60-18-8-20-62-48(58)34-10-6-16-50-28-34)32(4)42(54-44)25-40-30(2)22-35(52-40)23-39(29)51-36/h5-6,9-10,15-16,21-28,51-52H,7-8,11-14,17-20H2,1-4H3. The van der Waals surface area contributed by atoms with Gasteiger partial charge in [-0.25, -0.2) is 19.6 Å². The second-order valence-electron chi connectivity index (χ2n) is 15.1. The molecule has 0 fully saturated rings.